The normalized spacial score (nSPS) is 12.1. The zero-order valence-electron chi connectivity index (χ0n) is 18.9. The first-order chi connectivity index (χ1) is 14.3. The van der Waals surface area contributed by atoms with Gasteiger partial charge in [-0.25, -0.2) is 5.01 Å². The SMILES string of the molecule is C/C=C(N)\C(=N\Nc1cccc(C(=O)N(CCCC)CCCC)c1)C(=O)NN(C)C. The summed E-state index contributed by atoms with van der Waals surface area (Å²) >= 11 is 0. The number of rotatable bonds is 12. The summed E-state index contributed by atoms with van der Waals surface area (Å²) in [6, 6.07) is 7.11. The van der Waals surface area contributed by atoms with Crippen LogP contribution >= 0.6 is 0 Å². The molecule has 8 heteroatoms. The maximum atomic E-state index is 13.0. The van der Waals surface area contributed by atoms with Gasteiger partial charge >= 0.3 is 0 Å². The molecule has 0 aliphatic carbocycles. The number of benzene rings is 1. The molecule has 4 N–H and O–H groups in total. The van der Waals surface area contributed by atoms with Gasteiger partial charge in [0, 0.05) is 32.7 Å². The Morgan fingerprint density at radius 1 is 1.13 bits per heavy atom. The minimum atomic E-state index is -0.430. The van der Waals surface area contributed by atoms with E-state index in [0.29, 0.717) is 11.3 Å². The van der Waals surface area contributed by atoms with Gasteiger partial charge in [-0.2, -0.15) is 5.10 Å². The monoisotopic (exact) mass is 416 g/mol. The second kappa shape index (κ2) is 13.4. The van der Waals surface area contributed by atoms with E-state index < -0.39 is 5.91 Å². The van der Waals surface area contributed by atoms with Crippen LogP contribution in [0.4, 0.5) is 5.69 Å². The highest BCUT2D eigenvalue weighted by Crippen LogP contribution is 2.14. The molecule has 0 aromatic heterocycles. The van der Waals surface area contributed by atoms with E-state index in [9.17, 15) is 9.59 Å². The Hall–Kier alpha value is -2.87. The lowest BCUT2D eigenvalue weighted by atomic mass is 10.1. The van der Waals surface area contributed by atoms with Crippen LogP contribution in [-0.2, 0) is 4.79 Å². The molecule has 0 saturated heterocycles. The fraction of sp³-hybridized carbons (Fsp3) is 0.500. The molecule has 1 aromatic carbocycles. The number of carbonyl (C=O) groups excluding carboxylic acids is 2. The summed E-state index contributed by atoms with van der Waals surface area (Å²) in [6.07, 6.45) is 5.64. The molecule has 166 valence electrons. The van der Waals surface area contributed by atoms with E-state index in [2.05, 4.69) is 29.8 Å². The first kappa shape index (κ1) is 25.2. The third-order valence-corrected chi connectivity index (χ3v) is 4.38. The molecule has 0 unspecified atom stereocenters. The van der Waals surface area contributed by atoms with Crippen molar-refractivity contribution in [3.8, 4) is 0 Å². The minimum Gasteiger partial charge on any atom is -0.397 e. The standard InChI is InChI=1S/C22H36N6O2/c1-6-9-14-28(15-10-7-2)22(30)17-12-11-13-18(16-17)24-25-20(19(23)8-3)21(29)26-27(4)5/h8,11-13,16,24H,6-7,9-10,14-15,23H2,1-5H3,(H,26,29)/b19-8+,25-20-. The topological polar surface area (TPSA) is 103 Å². The molecule has 0 aliphatic rings. The van der Waals surface area contributed by atoms with Gasteiger partial charge in [0.25, 0.3) is 11.8 Å². The number of amides is 2. The molecule has 1 aromatic rings. The van der Waals surface area contributed by atoms with Crippen LogP contribution in [0.3, 0.4) is 0 Å². The summed E-state index contributed by atoms with van der Waals surface area (Å²) in [5.41, 5.74) is 12.9. The Bertz CT molecular complexity index is 750. The average Bonchev–Trinajstić information content (AvgIpc) is 2.73. The van der Waals surface area contributed by atoms with Crippen LogP contribution in [0.25, 0.3) is 0 Å². The number of hydrazone groups is 1. The van der Waals surface area contributed by atoms with Gasteiger partial charge in [0.1, 0.15) is 0 Å². The quantitative estimate of drug-likeness (QED) is 0.359. The molecule has 0 fully saturated rings. The molecule has 0 saturated carbocycles. The molecule has 30 heavy (non-hydrogen) atoms. The van der Waals surface area contributed by atoms with Crippen molar-refractivity contribution >= 4 is 23.2 Å². The number of nitrogens with one attached hydrogen (secondary N) is 2. The van der Waals surface area contributed by atoms with Crippen molar-refractivity contribution in [2.45, 2.75) is 46.5 Å². The molecule has 2 amide bonds. The smallest absolute Gasteiger partial charge is 0.288 e. The third kappa shape index (κ3) is 8.24. The van der Waals surface area contributed by atoms with Gasteiger partial charge in [0.05, 0.1) is 11.4 Å². The Balaban J connectivity index is 3.04. The van der Waals surface area contributed by atoms with Gasteiger partial charge in [0.2, 0.25) is 0 Å². The second-order valence-electron chi connectivity index (χ2n) is 7.23. The first-order valence-electron chi connectivity index (χ1n) is 10.5. The molecule has 0 spiro atoms. The fourth-order valence-corrected chi connectivity index (χ4v) is 2.68. The minimum absolute atomic E-state index is 0.00284. The summed E-state index contributed by atoms with van der Waals surface area (Å²) in [5.74, 6) is -0.427. The van der Waals surface area contributed by atoms with E-state index in [0.717, 1.165) is 38.8 Å². The summed E-state index contributed by atoms with van der Waals surface area (Å²) in [4.78, 5) is 27.2. The summed E-state index contributed by atoms with van der Waals surface area (Å²) in [5, 5.41) is 5.69. The average molecular weight is 417 g/mol. The summed E-state index contributed by atoms with van der Waals surface area (Å²) < 4.78 is 0. The third-order valence-electron chi connectivity index (χ3n) is 4.38. The van der Waals surface area contributed by atoms with E-state index in [1.807, 2.05) is 4.90 Å². The zero-order valence-corrected chi connectivity index (χ0v) is 18.9. The maximum absolute atomic E-state index is 13.0. The van der Waals surface area contributed by atoms with Gasteiger partial charge in [-0.1, -0.05) is 38.8 Å². The van der Waals surface area contributed by atoms with E-state index >= 15 is 0 Å². The lowest BCUT2D eigenvalue weighted by molar-refractivity contribution is -0.118. The van der Waals surface area contributed by atoms with Gasteiger partial charge in [-0.3, -0.25) is 20.4 Å². The largest absolute Gasteiger partial charge is 0.397 e. The molecule has 1 rings (SSSR count). The Labute approximate surface area is 180 Å². The molecule has 0 atom stereocenters. The second-order valence-corrected chi connectivity index (χ2v) is 7.23. The van der Waals surface area contributed by atoms with Gasteiger partial charge in [-0.05, 0) is 38.0 Å². The van der Waals surface area contributed by atoms with Crippen LogP contribution in [0.15, 0.2) is 41.1 Å². The van der Waals surface area contributed by atoms with Crippen LogP contribution < -0.4 is 16.6 Å². The van der Waals surface area contributed by atoms with Crippen LogP contribution in [0.1, 0.15) is 56.8 Å². The van der Waals surface area contributed by atoms with Gasteiger partial charge in [-0.15, -0.1) is 0 Å². The molecular weight excluding hydrogens is 380 g/mol. The molecule has 0 heterocycles. The number of hydrogen-bond acceptors (Lipinski definition) is 6. The van der Waals surface area contributed by atoms with E-state index in [1.54, 1.807) is 51.4 Å². The maximum Gasteiger partial charge on any atom is 0.288 e. The van der Waals surface area contributed by atoms with Crippen molar-refractivity contribution < 1.29 is 9.59 Å². The fourth-order valence-electron chi connectivity index (χ4n) is 2.68. The highest BCUT2D eigenvalue weighted by molar-refractivity contribution is 6.45. The van der Waals surface area contributed by atoms with E-state index in [-0.39, 0.29) is 17.3 Å². The zero-order chi connectivity index (χ0) is 22.5. The number of nitrogens with zero attached hydrogens (tertiary/aromatic N) is 3. The van der Waals surface area contributed by atoms with Crippen molar-refractivity contribution in [1.29, 1.82) is 0 Å². The predicted molar refractivity (Wildman–Crippen MR) is 123 cm³/mol. The van der Waals surface area contributed by atoms with Gasteiger partial charge < -0.3 is 10.6 Å². The number of anilines is 1. The number of hydrazine groups is 1. The van der Waals surface area contributed by atoms with E-state index in [4.69, 9.17) is 5.73 Å². The lowest BCUT2D eigenvalue weighted by Crippen LogP contribution is -2.42. The van der Waals surface area contributed by atoms with Crippen molar-refractivity contribution in [1.82, 2.24) is 15.3 Å². The summed E-state index contributed by atoms with van der Waals surface area (Å²) in [6.45, 7) is 7.46. The number of nitrogens with two attached hydrogens (primary N) is 1. The Kier molecular flexibility index (Phi) is 11.2. The van der Waals surface area contributed by atoms with E-state index in [1.165, 1.54) is 5.01 Å². The van der Waals surface area contributed by atoms with Crippen molar-refractivity contribution in [2.75, 3.05) is 32.6 Å². The molecule has 0 bridgehead atoms. The Morgan fingerprint density at radius 3 is 2.30 bits per heavy atom. The summed E-state index contributed by atoms with van der Waals surface area (Å²) in [7, 11) is 3.40. The number of carbonyl (C=O) groups is 2. The molecule has 0 aliphatic heterocycles. The molecule has 8 nitrogen and oxygen atoms in total. The molecular formula is C22H36N6O2. The van der Waals surface area contributed by atoms with Gasteiger partial charge in [0.15, 0.2) is 5.71 Å². The van der Waals surface area contributed by atoms with Crippen LogP contribution in [-0.4, -0.2) is 54.6 Å². The number of allylic oxidation sites excluding steroid dienone is 1. The van der Waals surface area contributed by atoms with Crippen LogP contribution in [0.5, 0.6) is 0 Å². The Morgan fingerprint density at radius 2 is 1.77 bits per heavy atom. The van der Waals surface area contributed by atoms with Crippen LogP contribution in [0, 0.1) is 0 Å². The van der Waals surface area contributed by atoms with Crippen LogP contribution in [0.2, 0.25) is 0 Å². The highest BCUT2D eigenvalue weighted by Gasteiger charge is 2.17. The highest BCUT2D eigenvalue weighted by atomic mass is 16.2. The first-order valence-corrected chi connectivity index (χ1v) is 10.5. The number of hydrogen-bond donors (Lipinski definition) is 3. The lowest BCUT2D eigenvalue weighted by Gasteiger charge is -2.22. The molecule has 0 radical (unpaired) electrons. The van der Waals surface area contributed by atoms with Crippen molar-refractivity contribution in [3.63, 3.8) is 0 Å². The number of unbranched alkanes of at least 4 members (excludes halogenated alkanes) is 2. The predicted octanol–water partition coefficient (Wildman–Crippen LogP) is 2.95. The van der Waals surface area contributed by atoms with Crippen molar-refractivity contribution in [3.05, 3.63) is 41.6 Å². The van der Waals surface area contributed by atoms with Crippen molar-refractivity contribution in [2.24, 2.45) is 10.8 Å².